The molecule has 0 aliphatic carbocycles. The summed E-state index contributed by atoms with van der Waals surface area (Å²) < 4.78 is 0.275. The van der Waals surface area contributed by atoms with Gasteiger partial charge in [-0.2, -0.15) is 0 Å². The van der Waals surface area contributed by atoms with Crippen LogP contribution in [0.25, 0.3) is 0 Å². The van der Waals surface area contributed by atoms with Crippen LogP contribution in [0.2, 0.25) is 4.20 Å². The van der Waals surface area contributed by atoms with E-state index in [-0.39, 0.29) is 4.20 Å². The molecule has 23 heavy (non-hydrogen) atoms. The van der Waals surface area contributed by atoms with Crippen LogP contribution in [0.5, 0.6) is 0 Å². The Bertz CT molecular complexity index is 603. The van der Waals surface area contributed by atoms with Crippen LogP contribution in [0, 0.1) is 0 Å². The minimum atomic E-state index is 0.275. The number of benzene rings is 3. The van der Waals surface area contributed by atoms with E-state index in [0.717, 1.165) is 19.3 Å². The molecule has 0 bridgehead atoms. The molecule has 116 valence electrons. The Balaban J connectivity index is 1.85. The van der Waals surface area contributed by atoms with Crippen LogP contribution in [-0.2, 0) is 19.3 Å². The van der Waals surface area contributed by atoms with Crippen molar-refractivity contribution in [1.82, 2.24) is 0 Å². The van der Waals surface area contributed by atoms with Crippen LogP contribution < -0.4 is 0 Å². The van der Waals surface area contributed by atoms with Gasteiger partial charge in [-0.15, -0.1) is 0 Å². The molecule has 3 aromatic rings. The third-order valence-corrected chi connectivity index (χ3v) is 5.48. The molecule has 0 saturated heterocycles. The van der Waals surface area contributed by atoms with Gasteiger partial charge in [-0.3, -0.25) is 0 Å². The normalized spacial score (nSPS) is 11.3. The molecule has 3 rings (SSSR count). The zero-order valence-corrected chi connectivity index (χ0v) is 15.8. The first kappa shape index (κ1) is 16.1. The summed E-state index contributed by atoms with van der Waals surface area (Å²) in [5.41, 5.74) is 4.30. The van der Waals surface area contributed by atoms with Gasteiger partial charge in [0.2, 0.25) is 0 Å². The molecule has 0 aliphatic heterocycles. The van der Waals surface area contributed by atoms with Crippen LogP contribution in [-0.4, -0.2) is 16.9 Å². The summed E-state index contributed by atoms with van der Waals surface area (Å²) in [5.74, 6) is 0. The fraction of sp³-hybridized carbons (Fsp3) is 0.182. The van der Waals surface area contributed by atoms with Gasteiger partial charge in [-0.25, -0.2) is 0 Å². The summed E-state index contributed by atoms with van der Waals surface area (Å²) in [6.07, 6.45) is 3.37. The van der Waals surface area contributed by atoms with Crippen LogP contribution in [0.3, 0.4) is 0 Å². The molecule has 0 aromatic heterocycles. The van der Waals surface area contributed by atoms with Crippen LogP contribution in [0.15, 0.2) is 91.0 Å². The Morgan fingerprint density at radius 2 is 0.739 bits per heavy atom. The molecule has 1 unspecified atom stereocenters. The molecular weight excluding hydrogens is 339 g/mol. The monoisotopic (exact) mass is 362 g/mol. The predicted octanol–water partition coefficient (Wildman–Crippen LogP) is 4.51. The van der Waals surface area contributed by atoms with E-state index in [2.05, 4.69) is 91.0 Å². The van der Waals surface area contributed by atoms with Crippen molar-refractivity contribution in [3.8, 4) is 0 Å². The standard InChI is InChI=1S/C22H23As/c23-22(16-19-10-4-1-5-11-19,17-20-12-6-2-7-13-20)18-21-14-8-3-9-15-21/h1-15H,16-18,23H2. The first-order chi connectivity index (χ1) is 11.2. The summed E-state index contributed by atoms with van der Waals surface area (Å²) in [7, 11) is 0. The molecule has 0 nitrogen and oxygen atoms in total. The first-order valence-corrected chi connectivity index (χ1v) is 9.35. The van der Waals surface area contributed by atoms with Crippen molar-refractivity contribution in [2.24, 2.45) is 0 Å². The molecular formula is C22H23As. The topological polar surface area (TPSA) is 0 Å². The van der Waals surface area contributed by atoms with E-state index in [1.54, 1.807) is 0 Å². The van der Waals surface area contributed by atoms with E-state index >= 15 is 0 Å². The third-order valence-electron chi connectivity index (χ3n) is 4.20. The fourth-order valence-corrected chi connectivity index (χ4v) is 4.68. The van der Waals surface area contributed by atoms with E-state index in [4.69, 9.17) is 0 Å². The molecule has 1 heteroatoms. The van der Waals surface area contributed by atoms with Gasteiger partial charge in [0.1, 0.15) is 0 Å². The van der Waals surface area contributed by atoms with Gasteiger partial charge < -0.3 is 0 Å². The van der Waals surface area contributed by atoms with E-state index in [1.807, 2.05) is 16.9 Å². The number of hydrogen-bond acceptors (Lipinski definition) is 0. The Morgan fingerprint density at radius 3 is 1.00 bits per heavy atom. The molecule has 0 amide bonds. The van der Waals surface area contributed by atoms with Crippen LogP contribution in [0.4, 0.5) is 0 Å². The average Bonchev–Trinajstić information content (AvgIpc) is 2.57. The fourth-order valence-electron chi connectivity index (χ4n) is 3.19. The Hall–Kier alpha value is -1.78. The minimum absolute atomic E-state index is 0.275. The van der Waals surface area contributed by atoms with Gasteiger partial charge in [0.05, 0.1) is 0 Å². The second-order valence-corrected chi connectivity index (χ2v) is 8.92. The van der Waals surface area contributed by atoms with Gasteiger partial charge in [-0.05, 0) is 0 Å². The van der Waals surface area contributed by atoms with Crippen molar-refractivity contribution in [2.75, 3.05) is 0 Å². The van der Waals surface area contributed by atoms with E-state index in [9.17, 15) is 0 Å². The zero-order chi connectivity index (χ0) is 16.0. The summed E-state index contributed by atoms with van der Waals surface area (Å²) in [5, 5.41) is 0. The predicted molar refractivity (Wildman–Crippen MR) is 102 cm³/mol. The van der Waals surface area contributed by atoms with E-state index in [1.165, 1.54) is 16.7 Å². The van der Waals surface area contributed by atoms with Crippen molar-refractivity contribution < 1.29 is 0 Å². The molecule has 0 N–H and O–H groups in total. The Labute approximate surface area is 148 Å². The second kappa shape index (κ2) is 7.66. The number of hydrogen-bond donors (Lipinski definition) is 0. The quantitative estimate of drug-likeness (QED) is 0.566. The van der Waals surface area contributed by atoms with Gasteiger partial charge in [0.15, 0.2) is 0 Å². The molecule has 0 aliphatic rings. The van der Waals surface area contributed by atoms with Gasteiger partial charge in [-0.1, -0.05) is 0 Å². The molecule has 1 atom stereocenters. The molecule has 0 heterocycles. The van der Waals surface area contributed by atoms with Gasteiger partial charge in [0, 0.05) is 0 Å². The summed E-state index contributed by atoms with van der Waals surface area (Å²) in [6, 6.07) is 32.7. The second-order valence-electron chi connectivity index (χ2n) is 6.35. The molecule has 0 saturated carbocycles. The van der Waals surface area contributed by atoms with Crippen LogP contribution >= 0.6 is 0 Å². The molecule has 0 spiro atoms. The van der Waals surface area contributed by atoms with Crippen molar-refractivity contribution in [1.29, 1.82) is 0 Å². The summed E-state index contributed by atoms with van der Waals surface area (Å²) in [4.78, 5) is 0. The maximum atomic E-state index is 2.25. The van der Waals surface area contributed by atoms with E-state index < -0.39 is 0 Å². The first-order valence-electron chi connectivity index (χ1n) is 8.14. The van der Waals surface area contributed by atoms with E-state index in [0.29, 0.717) is 0 Å². The molecule has 0 radical (unpaired) electrons. The van der Waals surface area contributed by atoms with Gasteiger partial charge in [0.25, 0.3) is 0 Å². The third kappa shape index (κ3) is 4.84. The van der Waals surface area contributed by atoms with Crippen molar-refractivity contribution in [2.45, 2.75) is 23.5 Å². The summed E-state index contributed by atoms with van der Waals surface area (Å²) >= 11 is 1.86. The Kier molecular flexibility index (Phi) is 5.36. The maximum absolute atomic E-state index is 2.25. The average molecular weight is 362 g/mol. The zero-order valence-electron chi connectivity index (χ0n) is 13.4. The number of rotatable bonds is 6. The SMILES string of the molecule is [AsH2]C(Cc1ccccc1)(Cc1ccccc1)Cc1ccccc1. The van der Waals surface area contributed by atoms with Crippen molar-refractivity contribution in [3.05, 3.63) is 108 Å². The summed E-state index contributed by atoms with van der Waals surface area (Å²) in [6.45, 7) is 0. The molecule has 3 aromatic carbocycles. The molecule has 0 fully saturated rings. The van der Waals surface area contributed by atoms with Gasteiger partial charge >= 0.3 is 148 Å². The van der Waals surface area contributed by atoms with Crippen molar-refractivity contribution in [3.63, 3.8) is 0 Å². The van der Waals surface area contributed by atoms with Crippen molar-refractivity contribution >= 4 is 16.9 Å². The Morgan fingerprint density at radius 1 is 0.478 bits per heavy atom. The van der Waals surface area contributed by atoms with Crippen LogP contribution in [0.1, 0.15) is 16.7 Å².